The monoisotopic (exact) mass is 293 g/mol. The lowest BCUT2D eigenvalue weighted by molar-refractivity contribution is 0.202. The smallest absolute Gasteiger partial charge is 0.141 e. The molecule has 2 N–H and O–H groups in total. The summed E-state index contributed by atoms with van der Waals surface area (Å²) in [4.78, 5) is 6.70. The molecule has 0 amide bonds. The van der Waals surface area contributed by atoms with Crippen LogP contribution in [0.2, 0.25) is 0 Å². The van der Waals surface area contributed by atoms with Gasteiger partial charge in [0.05, 0.1) is 17.9 Å². The third kappa shape index (κ3) is 5.04. The molecule has 1 heterocycles. The molecule has 1 aromatic rings. The average Bonchev–Trinajstić information content (AvgIpc) is 3.27. The molecule has 1 fully saturated rings. The van der Waals surface area contributed by atoms with Crippen LogP contribution in [-0.2, 0) is 0 Å². The van der Waals surface area contributed by atoms with Crippen LogP contribution >= 0.6 is 0 Å². The average molecular weight is 293 g/mol. The Balaban J connectivity index is 1.91. The van der Waals surface area contributed by atoms with E-state index in [1.54, 1.807) is 6.07 Å². The molecule has 0 bridgehead atoms. The van der Waals surface area contributed by atoms with Crippen molar-refractivity contribution < 1.29 is 4.39 Å². The van der Waals surface area contributed by atoms with Gasteiger partial charge in [-0.25, -0.2) is 4.39 Å². The molecule has 4 heteroatoms. The Labute approximate surface area is 127 Å². The summed E-state index contributed by atoms with van der Waals surface area (Å²) in [5.74, 6) is 0.736. The Morgan fingerprint density at radius 2 is 2.05 bits per heavy atom. The maximum absolute atomic E-state index is 12.9. The zero-order valence-electron chi connectivity index (χ0n) is 13.4. The van der Waals surface area contributed by atoms with Gasteiger partial charge in [0.2, 0.25) is 0 Å². The van der Waals surface area contributed by atoms with Gasteiger partial charge < -0.3 is 10.6 Å². The standard InChI is InChI=1S/C17H28FN3/c1-12(2)8-9-21(15-5-6-15)11-13(3)17(19)16-7-4-14(18)10-20-16/h4,7,10,12-13,15,17H,5-6,8-9,11,19H2,1-3H3. The van der Waals surface area contributed by atoms with Crippen molar-refractivity contribution in [3.63, 3.8) is 0 Å². The van der Waals surface area contributed by atoms with E-state index >= 15 is 0 Å². The maximum atomic E-state index is 12.9. The Bertz CT molecular complexity index is 428. The SMILES string of the molecule is CC(C)CCN(CC(C)C(N)c1ccc(F)cn1)C1CC1. The van der Waals surface area contributed by atoms with Gasteiger partial charge in [0.1, 0.15) is 5.82 Å². The molecular formula is C17H28FN3. The van der Waals surface area contributed by atoms with E-state index in [2.05, 4.69) is 30.7 Å². The summed E-state index contributed by atoms with van der Waals surface area (Å²) in [5.41, 5.74) is 7.08. The topological polar surface area (TPSA) is 42.1 Å². The third-order valence-corrected chi connectivity index (χ3v) is 4.28. The van der Waals surface area contributed by atoms with Crippen molar-refractivity contribution in [1.82, 2.24) is 9.88 Å². The maximum Gasteiger partial charge on any atom is 0.141 e. The van der Waals surface area contributed by atoms with Crippen molar-refractivity contribution in [2.24, 2.45) is 17.6 Å². The minimum atomic E-state index is -0.310. The van der Waals surface area contributed by atoms with Crippen LogP contribution in [0.4, 0.5) is 4.39 Å². The molecule has 0 radical (unpaired) electrons. The first-order chi connectivity index (χ1) is 9.97. The summed E-state index contributed by atoms with van der Waals surface area (Å²) in [6.07, 6.45) is 5.11. The second kappa shape index (κ2) is 7.32. The van der Waals surface area contributed by atoms with Crippen LogP contribution in [0.5, 0.6) is 0 Å². The van der Waals surface area contributed by atoms with Gasteiger partial charge in [-0.2, -0.15) is 0 Å². The predicted molar refractivity (Wildman–Crippen MR) is 84.3 cm³/mol. The van der Waals surface area contributed by atoms with Crippen LogP contribution < -0.4 is 5.73 Å². The Kier molecular flexibility index (Phi) is 5.71. The van der Waals surface area contributed by atoms with E-state index < -0.39 is 0 Å². The molecule has 0 aliphatic heterocycles. The molecule has 0 spiro atoms. The van der Waals surface area contributed by atoms with Crippen molar-refractivity contribution >= 4 is 0 Å². The van der Waals surface area contributed by atoms with Crippen LogP contribution in [0.25, 0.3) is 0 Å². The van der Waals surface area contributed by atoms with Crippen molar-refractivity contribution in [2.45, 2.75) is 52.1 Å². The van der Waals surface area contributed by atoms with Gasteiger partial charge in [-0.05, 0) is 49.8 Å². The van der Waals surface area contributed by atoms with Gasteiger partial charge in [0, 0.05) is 12.6 Å². The number of pyridine rings is 1. The molecule has 2 rings (SSSR count). The summed E-state index contributed by atoms with van der Waals surface area (Å²) in [6, 6.07) is 3.75. The minimum absolute atomic E-state index is 0.133. The van der Waals surface area contributed by atoms with Gasteiger partial charge in [0.25, 0.3) is 0 Å². The second-order valence-electron chi connectivity index (χ2n) is 6.81. The first kappa shape index (κ1) is 16.4. The van der Waals surface area contributed by atoms with E-state index in [4.69, 9.17) is 5.73 Å². The molecule has 3 nitrogen and oxygen atoms in total. The van der Waals surface area contributed by atoms with E-state index in [9.17, 15) is 4.39 Å². The molecule has 1 saturated carbocycles. The summed E-state index contributed by atoms with van der Waals surface area (Å²) in [7, 11) is 0. The van der Waals surface area contributed by atoms with Crippen LogP contribution in [0.15, 0.2) is 18.3 Å². The molecule has 0 aromatic carbocycles. The Hall–Kier alpha value is -1.00. The highest BCUT2D eigenvalue weighted by Gasteiger charge is 2.31. The number of hydrogen-bond donors (Lipinski definition) is 1. The quantitative estimate of drug-likeness (QED) is 0.799. The molecule has 2 atom stereocenters. The predicted octanol–water partition coefficient (Wildman–Crippen LogP) is 3.37. The lowest BCUT2D eigenvalue weighted by atomic mass is 9.98. The van der Waals surface area contributed by atoms with Crippen molar-refractivity contribution in [3.8, 4) is 0 Å². The molecule has 1 aromatic heterocycles. The number of nitrogens with two attached hydrogens (primary N) is 1. The number of hydrogen-bond acceptors (Lipinski definition) is 3. The highest BCUT2D eigenvalue weighted by Crippen LogP contribution is 2.30. The summed E-state index contributed by atoms with van der Waals surface area (Å²) < 4.78 is 12.9. The zero-order valence-corrected chi connectivity index (χ0v) is 13.4. The van der Waals surface area contributed by atoms with Gasteiger partial charge in [-0.3, -0.25) is 4.98 Å². The lowest BCUT2D eigenvalue weighted by Crippen LogP contribution is -2.36. The number of halogens is 1. The highest BCUT2D eigenvalue weighted by atomic mass is 19.1. The van der Waals surface area contributed by atoms with Crippen LogP contribution in [0.1, 0.15) is 51.8 Å². The molecule has 1 aliphatic carbocycles. The zero-order chi connectivity index (χ0) is 15.4. The van der Waals surface area contributed by atoms with Crippen LogP contribution in [0.3, 0.4) is 0 Å². The molecular weight excluding hydrogens is 265 g/mol. The van der Waals surface area contributed by atoms with Crippen molar-refractivity contribution in [3.05, 3.63) is 29.8 Å². The molecule has 1 aliphatic rings. The second-order valence-corrected chi connectivity index (χ2v) is 6.81. The van der Waals surface area contributed by atoms with Crippen molar-refractivity contribution in [1.29, 1.82) is 0 Å². The highest BCUT2D eigenvalue weighted by molar-refractivity contribution is 5.10. The summed E-state index contributed by atoms with van der Waals surface area (Å²) in [6.45, 7) is 8.85. The van der Waals surface area contributed by atoms with Gasteiger partial charge in [0.15, 0.2) is 0 Å². The van der Waals surface area contributed by atoms with Gasteiger partial charge in [-0.1, -0.05) is 20.8 Å². The summed E-state index contributed by atoms with van der Waals surface area (Å²) >= 11 is 0. The first-order valence-electron chi connectivity index (χ1n) is 8.08. The Morgan fingerprint density at radius 3 is 2.57 bits per heavy atom. The summed E-state index contributed by atoms with van der Waals surface area (Å²) in [5, 5.41) is 0. The van der Waals surface area contributed by atoms with E-state index in [-0.39, 0.29) is 11.9 Å². The van der Waals surface area contributed by atoms with Crippen LogP contribution in [-0.4, -0.2) is 29.0 Å². The van der Waals surface area contributed by atoms with Gasteiger partial charge in [-0.15, -0.1) is 0 Å². The number of aromatic nitrogens is 1. The fraction of sp³-hybridized carbons (Fsp3) is 0.706. The molecule has 0 saturated heterocycles. The lowest BCUT2D eigenvalue weighted by Gasteiger charge is -2.29. The van der Waals surface area contributed by atoms with E-state index in [1.165, 1.54) is 31.5 Å². The first-order valence-corrected chi connectivity index (χ1v) is 8.08. The van der Waals surface area contributed by atoms with E-state index in [0.29, 0.717) is 5.92 Å². The normalized spacial score (nSPS) is 18.2. The number of nitrogens with zero attached hydrogens (tertiary/aromatic N) is 2. The fourth-order valence-electron chi connectivity index (χ4n) is 2.65. The molecule has 2 unspecified atom stereocenters. The van der Waals surface area contributed by atoms with Crippen LogP contribution in [0, 0.1) is 17.7 Å². The van der Waals surface area contributed by atoms with E-state index in [0.717, 1.165) is 30.7 Å². The van der Waals surface area contributed by atoms with E-state index in [1.807, 2.05) is 0 Å². The molecule has 21 heavy (non-hydrogen) atoms. The minimum Gasteiger partial charge on any atom is -0.322 e. The largest absolute Gasteiger partial charge is 0.322 e. The fourth-order valence-corrected chi connectivity index (χ4v) is 2.65. The molecule has 118 valence electrons. The van der Waals surface area contributed by atoms with Crippen molar-refractivity contribution in [2.75, 3.05) is 13.1 Å². The Morgan fingerprint density at radius 1 is 1.33 bits per heavy atom. The third-order valence-electron chi connectivity index (χ3n) is 4.28. The van der Waals surface area contributed by atoms with Gasteiger partial charge >= 0.3 is 0 Å². The number of rotatable bonds is 8.